The first-order valence-electron chi connectivity index (χ1n) is 14.4. The molecule has 10 heteroatoms. The van der Waals surface area contributed by atoms with Gasteiger partial charge in [0.25, 0.3) is 5.91 Å². The van der Waals surface area contributed by atoms with Gasteiger partial charge in [0.15, 0.2) is 11.5 Å². The number of amides is 2. The minimum atomic E-state index is -1.16. The van der Waals surface area contributed by atoms with Crippen molar-refractivity contribution in [1.82, 2.24) is 20.7 Å². The fraction of sp³-hybridized carbons (Fsp3) is 0.452. The molecule has 4 atom stereocenters. The van der Waals surface area contributed by atoms with Crippen molar-refractivity contribution in [2.75, 3.05) is 13.1 Å². The third kappa shape index (κ3) is 6.02. The molecule has 2 heterocycles. The first kappa shape index (κ1) is 27.5. The second kappa shape index (κ2) is 11.7. The first-order valence-corrected chi connectivity index (χ1v) is 14.4. The Labute approximate surface area is 236 Å². The molecule has 6 rings (SSSR count). The summed E-state index contributed by atoms with van der Waals surface area (Å²) in [5.41, 5.74) is 0.419. The standard InChI is InChI=1S/C31H33F3N4O3/c32-19-13-23(33)29(24(34)14-19)28-16-27(37-41-28)31(40)35-25-11-12-38(20-9-5-2-6-10-20)17-22(25)30(39)36-26-15-21(26)18-7-3-1-4-8-18/h1,3-4,7-8,13-14,16,20-22,25-26H,2,5-6,9-12,15,17H2,(H,35,40)(H,36,39)/t21-,22-,25-,26+/m0/s1. The van der Waals surface area contributed by atoms with Crippen LogP contribution in [0.1, 0.15) is 66.9 Å². The number of hydrogen-bond donors (Lipinski definition) is 2. The molecule has 0 spiro atoms. The second-order valence-electron chi connectivity index (χ2n) is 11.5. The molecule has 2 N–H and O–H groups in total. The fourth-order valence-corrected chi connectivity index (χ4v) is 6.43. The monoisotopic (exact) mass is 566 g/mol. The minimum absolute atomic E-state index is 0.0601. The quantitative estimate of drug-likeness (QED) is 0.412. The zero-order valence-electron chi connectivity index (χ0n) is 22.6. The topological polar surface area (TPSA) is 87.5 Å². The lowest BCUT2D eigenvalue weighted by Gasteiger charge is -2.43. The molecule has 2 aromatic carbocycles. The van der Waals surface area contributed by atoms with E-state index in [4.69, 9.17) is 4.52 Å². The average molecular weight is 567 g/mol. The number of piperidine rings is 1. The largest absolute Gasteiger partial charge is 0.355 e. The molecule has 7 nitrogen and oxygen atoms in total. The number of benzene rings is 2. The van der Waals surface area contributed by atoms with E-state index in [2.05, 4.69) is 32.8 Å². The molecule has 216 valence electrons. The predicted molar refractivity (Wildman–Crippen MR) is 145 cm³/mol. The van der Waals surface area contributed by atoms with E-state index in [9.17, 15) is 22.8 Å². The van der Waals surface area contributed by atoms with Crippen LogP contribution in [0.25, 0.3) is 11.3 Å². The van der Waals surface area contributed by atoms with Gasteiger partial charge in [-0.2, -0.15) is 0 Å². The number of likely N-dealkylation sites (tertiary alicyclic amines) is 1. The van der Waals surface area contributed by atoms with E-state index in [1.807, 2.05) is 18.2 Å². The second-order valence-corrected chi connectivity index (χ2v) is 11.5. The number of nitrogens with one attached hydrogen (secondary N) is 2. The Bertz CT molecular complexity index is 1390. The van der Waals surface area contributed by atoms with Crippen molar-refractivity contribution in [3.05, 3.63) is 77.2 Å². The molecule has 2 saturated carbocycles. The fourth-order valence-electron chi connectivity index (χ4n) is 6.43. The van der Waals surface area contributed by atoms with Crippen LogP contribution >= 0.6 is 0 Å². The normalized spacial score (nSPS) is 25.0. The summed E-state index contributed by atoms with van der Waals surface area (Å²) in [6.45, 7) is 1.30. The third-order valence-corrected chi connectivity index (χ3v) is 8.73. The maximum Gasteiger partial charge on any atom is 0.273 e. The maximum atomic E-state index is 14.2. The summed E-state index contributed by atoms with van der Waals surface area (Å²) in [6, 6.07) is 12.3. The molecule has 3 aliphatic rings. The van der Waals surface area contributed by atoms with Crippen LogP contribution in [0.3, 0.4) is 0 Å². The molecule has 3 fully saturated rings. The third-order valence-electron chi connectivity index (χ3n) is 8.73. The highest BCUT2D eigenvalue weighted by atomic mass is 19.1. The number of hydrogen-bond acceptors (Lipinski definition) is 5. The molecule has 2 aliphatic carbocycles. The number of carbonyl (C=O) groups excluding carboxylic acids is 2. The van der Waals surface area contributed by atoms with Gasteiger partial charge in [-0.1, -0.05) is 54.8 Å². The van der Waals surface area contributed by atoms with Crippen molar-refractivity contribution in [2.24, 2.45) is 5.92 Å². The molecule has 1 aromatic heterocycles. The van der Waals surface area contributed by atoms with Gasteiger partial charge in [-0.15, -0.1) is 0 Å². The Morgan fingerprint density at radius 1 is 0.902 bits per heavy atom. The Kier molecular flexibility index (Phi) is 7.84. The van der Waals surface area contributed by atoms with Gasteiger partial charge in [-0.05, 0) is 31.2 Å². The SMILES string of the molecule is O=C(N[C@H]1CCN(C2CCCCC2)C[C@@H]1C(=O)N[C@@H]1C[C@H]1c1ccccc1)c1cc(-c2c(F)cc(F)cc2F)on1. The van der Waals surface area contributed by atoms with Gasteiger partial charge >= 0.3 is 0 Å². The van der Waals surface area contributed by atoms with Crippen LogP contribution in [-0.4, -0.2) is 53.1 Å². The van der Waals surface area contributed by atoms with Gasteiger partial charge in [0.1, 0.15) is 17.5 Å². The molecule has 1 saturated heterocycles. The highest BCUT2D eigenvalue weighted by Gasteiger charge is 2.43. The number of nitrogens with zero attached hydrogens (tertiary/aromatic N) is 2. The van der Waals surface area contributed by atoms with Gasteiger partial charge in [-0.25, -0.2) is 13.2 Å². The molecule has 1 aliphatic heterocycles. The molecule has 3 aromatic rings. The van der Waals surface area contributed by atoms with Crippen LogP contribution in [0.15, 0.2) is 53.1 Å². The average Bonchev–Trinajstić information content (AvgIpc) is 3.57. The van der Waals surface area contributed by atoms with E-state index >= 15 is 0 Å². The van der Waals surface area contributed by atoms with Crippen molar-refractivity contribution in [3.63, 3.8) is 0 Å². The number of halogens is 3. The molecular weight excluding hydrogens is 533 g/mol. The summed E-state index contributed by atoms with van der Waals surface area (Å²) in [4.78, 5) is 29.2. The molecule has 0 bridgehead atoms. The zero-order chi connectivity index (χ0) is 28.5. The van der Waals surface area contributed by atoms with Crippen LogP contribution in [0.2, 0.25) is 0 Å². The highest BCUT2D eigenvalue weighted by molar-refractivity contribution is 5.94. The summed E-state index contributed by atoms with van der Waals surface area (Å²) < 4.78 is 46.9. The predicted octanol–water partition coefficient (Wildman–Crippen LogP) is 5.18. The Morgan fingerprint density at radius 3 is 2.37 bits per heavy atom. The summed E-state index contributed by atoms with van der Waals surface area (Å²) in [7, 11) is 0. The van der Waals surface area contributed by atoms with Crippen molar-refractivity contribution in [1.29, 1.82) is 0 Å². The summed E-state index contributed by atoms with van der Waals surface area (Å²) >= 11 is 0. The number of rotatable bonds is 7. The van der Waals surface area contributed by atoms with Gasteiger partial charge in [0, 0.05) is 55.3 Å². The van der Waals surface area contributed by atoms with Crippen LogP contribution in [0.4, 0.5) is 13.2 Å². The highest BCUT2D eigenvalue weighted by Crippen LogP contribution is 2.41. The maximum absolute atomic E-state index is 14.2. The molecule has 2 amide bonds. The van der Waals surface area contributed by atoms with Gasteiger partial charge < -0.3 is 15.2 Å². The van der Waals surface area contributed by atoms with Crippen molar-refractivity contribution >= 4 is 11.8 Å². The molecule has 0 unspecified atom stereocenters. The Hall–Kier alpha value is -3.66. The van der Waals surface area contributed by atoms with Crippen molar-refractivity contribution in [2.45, 2.75) is 69.0 Å². The van der Waals surface area contributed by atoms with Gasteiger partial charge in [0.2, 0.25) is 5.91 Å². The van der Waals surface area contributed by atoms with Gasteiger partial charge in [-0.3, -0.25) is 14.5 Å². The summed E-state index contributed by atoms with van der Waals surface area (Å²) in [5, 5.41) is 9.85. The zero-order valence-corrected chi connectivity index (χ0v) is 22.6. The smallest absolute Gasteiger partial charge is 0.273 e. The van der Waals surface area contributed by atoms with E-state index in [1.165, 1.54) is 24.8 Å². The van der Waals surface area contributed by atoms with E-state index in [-0.39, 0.29) is 29.3 Å². The Balaban J connectivity index is 1.16. The van der Waals surface area contributed by atoms with Crippen LogP contribution in [0, 0.1) is 23.4 Å². The lowest BCUT2D eigenvalue weighted by molar-refractivity contribution is -0.128. The van der Waals surface area contributed by atoms with E-state index in [0.717, 1.165) is 31.9 Å². The summed E-state index contributed by atoms with van der Waals surface area (Å²) in [6.07, 6.45) is 7.29. The van der Waals surface area contributed by atoms with Crippen LogP contribution < -0.4 is 10.6 Å². The summed E-state index contributed by atoms with van der Waals surface area (Å²) in [5.74, 6) is -4.59. The van der Waals surface area contributed by atoms with Crippen LogP contribution in [0.5, 0.6) is 0 Å². The van der Waals surface area contributed by atoms with Crippen molar-refractivity contribution in [3.8, 4) is 11.3 Å². The minimum Gasteiger partial charge on any atom is -0.355 e. The van der Waals surface area contributed by atoms with Gasteiger partial charge in [0.05, 0.1) is 11.5 Å². The number of carbonyl (C=O) groups is 2. The Morgan fingerprint density at radius 2 is 1.63 bits per heavy atom. The van der Waals surface area contributed by atoms with E-state index in [1.54, 1.807) is 0 Å². The molecule has 41 heavy (non-hydrogen) atoms. The molecule has 0 radical (unpaired) electrons. The number of aromatic nitrogens is 1. The molecular formula is C31H33F3N4O3. The lowest BCUT2D eigenvalue weighted by Crippen LogP contribution is -2.58. The van der Waals surface area contributed by atoms with E-state index in [0.29, 0.717) is 31.1 Å². The first-order chi connectivity index (χ1) is 19.9. The van der Waals surface area contributed by atoms with Crippen LogP contribution in [-0.2, 0) is 4.79 Å². The van der Waals surface area contributed by atoms with Crippen molar-refractivity contribution < 1.29 is 27.3 Å². The lowest BCUT2D eigenvalue weighted by atomic mass is 9.87. The van der Waals surface area contributed by atoms with E-state index < -0.39 is 40.9 Å².